The van der Waals surface area contributed by atoms with Gasteiger partial charge in [-0.1, -0.05) is 35.9 Å². The van der Waals surface area contributed by atoms with E-state index in [0.29, 0.717) is 34.8 Å². The number of halogens is 1. The molecule has 2 saturated heterocycles. The van der Waals surface area contributed by atoms with E-state index >= 15 is 0 Å². The third-order valence-electron chi connectivity index (χ3n) is 9.34. The molecule has 0 bridgehead atoms. The first-order valence-corrected chi connectivity index (χ1v) is 15.3. The van der Waals surface area contributed by atoms with E-state index in [1.807, 2.05) is 54.6 Å². The summed E-state index contributed by atoms with van der Waals surface area (Å²) >= 11 is 6.08. The normalized spacial score (nSPS) is 22.5. The number of nitrogens with zero attached hydrogens (tertiary/aromatic N) is 3. The van der Waals surface area contributed by atoms with Gasteiger partial charge >= 0.3 is 0 Å². The summed E-state index contributed by atoms with van der Waals surface area (Å²) in [5.74, 6) is 3.57. The third kappa shape index (κ3) is 4.84. The first kappa shape index (κ1) is 25.9. The van der Waals surface area contributed by atoms with E-state index in [0.717, 1.165) is 65.3 Å². The number of piperidine rings is 1. The van der Waals surface area contributed by atoms with Crippen LogP contribution in [0.15, 0.2) is 66.7 Å². The monoisotopic (exact) mass is 580 g/mol. The van der Waals surface area contributed by atoms with Crippen molar-refractivity contribution in [3.05, 3.63) is 82.9 Å². The van der Waals surface area contributed by atoms with E-state index in [4.69, 9.17) is 26.1 Å². The van der Waals surface area contributed by atoms with Crippen molar-refractivity contribution in [2.75, 3.05) is 38.3 Å². The van der Waals surface area contributed by atoms with Crippen molar-refractivity contribution in [2.24, 2.45) is 11.8 Å². The summed E-state index contributed by atoms with van der Waals surface area (Å²) in [4.78, 5) is 24.1. The smallest absolute Gasteiger partial charge is 0.254 e. The quantitative estimate of drug-likeness (QED) is 0.271. The van der Waals surface area contributed by atoms with E-state index in [2.05, 4.69) is 27.2 Å². The maximum absolute atomic E-state index is 14.5. The Morgan fingerprint density at radius 2 is 1.74 bits per heavy atom. The summed E-state index contributed by atoms with van der Waals surface area (Å²) in [6.45, 7) is 4.95. The Hall–Kier alpha value is -3.81. The Labute approximate surface area is 250 Å². The molecular weight excluding hydrogens is 548 g/mol. The van der Waals surface area contributed by atoms with Gasteiger partial charge in [-0.3, -0.25) is 4.79 Å². The number of amides is 1. The topological polar surface area (TPSA) is 66.9 Å². The Morgan fingerprint density at radius 3 is 2.60 bits per heavy atom. The van der Waals surface area contributed by atoms with Gasteiger partial charge in [0.1, 0.15) is 5.82 Å². The van der Waals surface area contributed by atoms with Crippen LogP contribution in [-0.2, 0) is 6.54 Å². The highest BCUT2D eigenvalue weighted by molar-refractivity contribution is 6.30. The molecule has 1 saturated carbocycles. The second-order valence-corrected chi connectivity index (χ2v) is 12.5. The molecule has 0 spiro atoms. The number of benzene rings is 3. The molecule has 7 nitrogen and oxygen atoms in total. The van der Waals surface area contributed by atoms with Crippen LogP contribution in [0.2, 0.25) is 5.02 Å². The number of rotatable bonds is 7. The molecule has 4 heterocycles. The van der Waals surface area contributed by atoms with Gasteiger partial charge in [-0.2, -0.15) is 0 Å². The van der Waals surface area contributed by atoms with Gasteiger partial charge < -0.3 is 24.6 Å². The lowest BCUT2D eigenvalue weighted by Crippen LogP contribution is -2.45. The minimum absolute atomic E-state index is 0.108. The van der Waals surface area contributed by atoms with Crippen LogP contribution in [0.3, 0.4) is 0 Å². The molecule has 8 rings (SSSR count). The summed E-state index contributed by atoms with van der Waals surface area (Å²) in [7, 11) is 0. The number of hydrogen-bond acceptors (Lipinski definition) is 6. The van der Waals surface area contributed by atoms with Crippen LogP contribution in [0.1, 0.15) is 35.2 Å². The van der Waals surface area contributed by atoms with E-state index in [1.54, 1.807) is 0 Å². The molecule has 1 aromatic heterocycles. The third-order valence-corrected chi connectivity index (χ3v) is 9.59. The van der Waals surface area contributed by atoms with Gasteiger partial charge in [-0.25, -0.2) is 4.98 Å². The zero-order valence-electron chi connectivity index (χ0n) is 23.4. The summed E-state index contributed by atoms with van der Waals surface area (Å²) in [6, 6.07) is 22.2. The molecule has 0 radical (unpaired) electrons. The highest BCUT2D eigenvalue weighted by atomic mass is 35.5. The molecule has 1 amide bonds. The molecule has 3 fully saturated rings. The molecule has 1 N–H and O–H groups in total. The maximum Gasteiger partial charge on any atom is 0.254 e. The number of likely N-dealkylation sites (tertiary alicyclic amines) is 2. The van der Waals surface area contributed by atoms with Crippen LogP contribution < -0.4 is 14.8 Å². The minimum atomic E-state index is 0.108. The Kier molecular flexibility index (Phi) is 6.45. The Morgan fingerprint density at radius 1 is 0.952 bits per heavy atom. The zero-order valence-corrected chi connectivity index (χ0v) is 24.1. The van der Waals surface area contributed by atoms with Crippen molar-refractivity contribution in [1.82, 2.24) is 14.8 Å². The summed E-state index contributed by atoms with van der Waals surface area (Å²) in [5.41, 5.74) is 4.62. The molecule has 3 atom stereocenters. The highest BCUT2D eigenvalue weighted by Crippen LogP contribution is 2.50. The van der Waals surface area contributed by atoms with Crippen LogP contribution in [0.4, 0.5) is 5.82 Å². The molecule has 3 aromatic carbocycles. The number of anilines is 1. The SMILES string of the molecule is O=C(c1cc(NCc2ccc(Cl)cc2)nc2ccc(-c3ccc4c(c3)OCO4)cc12)N1CC2CC2[C@H]1CN1CCCC1. The van der Waals surface area contributed by atoms with E-state index in [9.17, 15) is 4.79 Å². The predicted molar refractivity (Wildman–Crippen MR) is 164 cm³/mol. The van der Waals surface area contributed by atoms with E-state index < -0.39 is 0 Å². The van der Waals surface area contributed by atoms with Crippen molar-refractivity contribution in [3.8, 4) is 22.6 Å². The van der Waals surface area contributed by atoms with Gasteiger partial charge in [0.05, 0.1) is 11.1 Å². The summed E-state index contributed by atoms with van der Waals surface area (Å²) < 4.78 is 11.1. The largest absolute Gasteiger partial charge is 0.454 e. The standard InChI is InChI=1S/C34H33ClN4O3/c35-25-7-3-21(4-8-25)17-36-33-16-28(34(40)39-18-24-14-26(24)30(39)19-38-11-1-2-12-38)27-13-22(5-9-29(27)37-33)23-6-10-31-32(15-23)42-20-41-31/h3-10,13,15-16,24,26,30H,1-2,11-12,14,17-20H2,(H,36,37)/t24?,26?,30-/m1/s1. The first-order chi connectivity index (χ1) is 20.6. The van der Waals surface area contributed by atoms with E-state index in [1.165, 1.54) is 19.3 Å². The molecule has 214 valence electrons. The maximum atomic E-state index is 14.5. The van der Waals surface area contributed by atoms with Gasteiger partial charge in [0.25, 0.3) is 5.91 Å². The highest BCUT2D eigenvalue weighted by Gasteiger charge is 2.54. The minimum Gasteiger partial charge on any atom is -0.454 e. The number of carbonyl (C=O) groups is 1. The van der Waals surface area contributed by atoms with Gasteiger partial charge in [0, 0.05) is 36.1 Å². The average Bonchev–Trinajstić information content (AvgIpc) is 3.36. The van der Waals surface area contributed by atoms with Crippen LogP contribution in [0, 0.1) is 11.8 Å². The van der Waals surface area contributed by atoms with Crippen LogP contribution in [0.5, 0.6) is 11.5 Å². The fourth-order valence-corrected chi connectivity index (χ4v) is 7.09. The molecule has 2 unspecified atom stereocenters. The molecule has 42 heavy (non-hydrogen) atoms. The predicted octanol–water partition coefficient (Wildman–Crippen LogP) is 6.45. The summed E-state index contributed by atoms with van der Waals surface area (Å²) in [6.07, 6.45) is 3.77. The fraction of sp³-hybridized carbons (Fsp3) is 0.353. The summed E-state index contributed by atoms with van der Waals surface area (Å²) in [5, 5.41) is 5.03. The van der Waals surface area contributed by atoms with Crippen molar-refractivity contribution in [1.29, 1.82) is 0 Å². The van der Waals surface area contributed by atoms with Gasteiger partial charge in [-0.15, -0.1) is 0 Å². The van der Waals surface area contributed by atoms with Crippen molar-refractivity contribution >= 4 is 34.2 Å². The molecule has 4 aliphatic rings. The fourth-order valence-electron chi connectivity index (χ4n) is 6.97. The lowest BCUT2D eigenvalue weighted by molar-refractivity contribution is 0.0674. The zero-order chi connectivity index (χ0) is 28.2. The number of nitrogens with one attached hydrogen (secondary N) is 1. The first-order valence-electron chi connectivity index (χ1n) is 15.0. The van der Waals surface area contributed by atoms with E-state index in [-0.39, 0.29) is 18.7 Å². The molecule has 1 aliphatic carbocycles. The van der Waals surface area contributed by atoms with Crippen molar-refractivity contribution in [3.63, 3.8) is 0 Å². The van der Waals surface area contributed by atoms with Crippen LogP contribution in [-0.4, -0.2) is 59.7 Å². The number of hydrogen-bond donors (Lipinski definition) is 1. The average molecular weight is 581 g/mol. The molecule has 8 heteroatoms. The molecular formula is C34H33ClN4O3. The number of fused-ring (bicyclic) bond motifs is 3. The number of pyridine rings is 1. The number of ether oxygens (including phenoxy) is 2. The van der Waals surface area contributed by atoms with Gasteiger partial charge in [0.15, 0.2) is 11.5 Å². The second-order valence-electron chi connectivity index (χ2n) is 12.0. The Bertz CT molecular complexity index is 1670. The number of carbonyl (C=O) groups excluding carboxylic acids is 1. The van der Waals surface area contributed by atoms with Crippen LogP contribution in [0.25, 0.3) is 22.0 Å². The second kappa shape index (κ2) is 10.5. The van der Waals surface area contributed by atoms with Gasteiger partial charge in [0.2, 0.25) is 6.79 Å². The Balaban J connectivity index is 1.16. The lowest BCUT2D eigenvalue weighted by Gasteiger charge is -2.31. The number of aromatic nitrogens is 1. The molecule has 3 aliphatic heterocycles. The van der Waals surface area contributed by atoms with Crippen molar-refractivity contribution < 1.29 is 14.3 Å². The van der Waals surface area contributed by atoms with Gasteiger partial charge in [-0.05, 0) is 103 Å². The molecule has 4 aromatic rings. The van der Waals surface area contributed by atoms with Crippen molar-refractivity contribution in [2.45, 2.75) is 31.8 Å². The lowest BCUT2D eigenvalue weighted by atomic mass is 9.99. The van der Waals surface area contributed by atoms with Crippen LogP contribution >= 0.6 is 11.6 Å².